The molecule has 76 valence electrons. The molecular weight excluding hydrogens is 212 g/mol. The van der Waals surface area contributed by atoms with Crippen LogP contribution >= 0.6 is 11.8 Å². The van der Waals surface area contributed by atoms with E-state index in [9.17, 15) is 10.1 Å². The maximum absolute atomic E-state index is 10.3. The van der Waals surface area contributed by atoms with Gasteiger partial charge in [0.15, 0.2) is 0 Å². The van der Waals surface area contributed by atoms with Crippen molar-refractivity contribution in [3.63, 3.8) is 0 Å². The standard InChI is InChI=1S/C10H8N2O2S/c1-8-2-4-9(5-3-8)10(15-7-11)6-12(13)14/h2-6H,1H3/b10-6-. The van der Waals surface area contributed by atoms with Gasteiger partial charge in [-0.3, -0.25) is 10.1 Å². The van der Waals surface area contributed by atoms with Crippen LogP contribution in [0.15, 0.2) is 30.5 Å². The molecule has 0 N–H and O–H groups in total. The van der Waals surface area contributed by atoms with Crippen molar-refractivity contribution in [3.8, 4) is 5.40 Å². The normalized spacial score (nSPS) is 10.8. The minimum Gasteiger partial charge on any atom is -0.259 e. The summed E-state index contributed by atoms with van der Waals surface area (Å²) in [7, 11) is 0. The fourth-order valence-corrected chi connectivity index (χ4v) is 1.51. The van der Waals surface area contributed by atoms with E-state index < -0.39 is 4.92 Å². The molecule has 0 saturated heterocycles. The van der Waals surface area contributed by atoms with E-state index in [4.69, 9.17) is 5.26 Å². The highest BCUT2D eigenvalue weighted by molar-refractivity contribution is 8.12. The van der Waals surface area contributed by atoms with Gasteiger partial charge in [0.05, 0.1) is 9.83 Å². The first kappa shape index (κ1) is 11.3. The summed E-state index contributed by atoms with van der Waals surface area (Å²) in [5, 5.41) is 20.7. The molecule has 0 saturated carbocycles. The molecule has 0 atom stereocenters. The second-order valence-electron chi connectivity index (χ2n) is 2.84. The molecule has 0 heterocycles. The number of nitrogens with zero attached hydrogens (tertiary/aromatic N) is 2. The summed E-state index contributed by atoms with van der Waals surface area (Å²) in [6.07, 6.45) is 0.846. The number of nitro groups is 1. The summed E-state index contributed by atoms with van der Waals surface area (Å²) in [5.41, 5.74) is 1.75. The van der Waals surface area contributed by atoms with Crippen LogP contribution in [0.25, 0.3) is 4.91 Å². The van der Waals surface area contributed by atoms with E-state index in [1.165, 1.54) is 0 Å². The summed E-state index contributed by atoms with van der Waals surface area (Å²) in [4.78, 5) is 10.1. The van der Waals surface area contributed by atoms with E-state index in [1.807, 2.05) is 24.5 Å². The molecule has 0 aliphatic carbocycles. The molecule has 0 aliphatic rings. The van der Waals surface area contributed by atoms with Gasteiger partial charge in [-0.25, -0.2) is 0 Å². The topological polar surface area (TPSA) is 66.9 Å². The Kier molecular flexibility index (Phi) is 3.89. The number of nitriles is 1. The summed E-state index contributed by atoms with van der Waals surface area (Å²) in [6, 6.07) is 7.21. The van der Waals surface area contributed by atoms with E-state index in [-0.39, 0.29) is 0 Å². The van der Waals surface area contributed by atoms with Crippen molar-refractivity contribution in [1.82, 2.24) is 0 Å². The molecule has 0 amide bonds. The van der Waals surface area contributed by atoms with Gasteiger partial charge in [-0.05, 0) is 24.2 Å². The lowest BCUT2D eigenvalue weighted by atomic mass is 10.1. The lowest BCUT2D eigenvalue weighted by molar-refractivity contribution is -0.401. The fourth-order valence-electron chi connectivity index (χ4n) is 1.02. The molecule has 1 aromatic rings. The Labute approximate surface area is 91.4 Å². The first-order valence-corrected chi connectivity index (χ1v) is 4.93. The molecule has 0 spiro atoms. The number of thioether (sulfide) groups is 1. The molecule has 0 aliphatic heterocycles. The lowest BCUT2D eigenvalue weighted by Gasteiger charge is -1.99. The Morgan fingerprint density at radius 1 is 1.53 bits per heavy atom. The van der Waals surface area contributed by atoms with Gasteiger partial charge in [0.1, 0.15) is 5.40 Å². The maximum atomic E-state index is 10.3. The molecule has 1 aromatic carbocycles. The van der Waals surface area contributed by atoms with Gasteiger partial charge in [0.2, 0.25) is 6.20 Å². The van der Waals surface area contributed by atoms with E-state index >= 15 is 0 Å². The van der Waals surface area contributed by atoms with Gasteiger partial charge in [-0.1, -0.05) is 29.8 Å². The van der Waals surface area contributed by atoms with Gasteiger partial charge < -0.3 is 0 Å². The zero-order valence-electron chi connectivity index (χ0n) is 8.01. The molecule has 0 aromatic heterocycles. The van der Waals surface area contributed by atoms with Crippen LogP contribution in [0.3, 0.4) is 0 Å². The maximum Gasteiger partial charge on any atom is 0.249 e. The van der Waals surface area contributed by atoms with Crippen LogP contribution in [-0.4, -0.2) is 4.92 Å². The number of rotatable bonds is 3. The zero-order valence-corrected chi connectivity index (χ0v) is 8.82. The number of hydrogen-bond acceptors (Lipinski definition) is 4. The van der Waals surface area contributed by atoms with Crippen molar-refractivity contribution in [3.05, 3.63) is 51.7 Å². The van der Waals surface area contributed by atoms with E-state index in [1.54, 1.807) is 12.1 Å². The Morgan fingerprint density at radius 2 is 2.13 bits per heavy atom. The third-order valence-corrected chi connectivity index (χ3v) is 2.37. The molecule has 15 heavy (non-hydrogen) atoms. The smallest absolute Gasteiger partial charge is 0.249 e. The van der Waals surface area contributed by atoms with Crippen LogP contribution in [-0.2, 0) is 0 Å². The molecule has 0 fully saturated rings. The molecule has 0 bridgehead atoms. The van der Waals surface area contributed by atoms with E-state index in [0.717, 1.165) is 23.5 Å². The van der Waals surface area contributed by atoms with Crippen molar-refractivity contribution < 1.29 is 4.92 Å². The SMILES string of the molecule is Cc1ccc(/C(=C/[N+](=O)[O-])SC#N)cc1. The summed E-state index contributed by atoms with van der Waals surface area (Å²) in [5.74, 6) is 0. The van der Waals surface area contributed by atoms with Crippen LogP contribution in [0, 0.1) is 27.7 Å². The Morgan fingerprint density at radius 3 is 2.60 bits per heavy atom. The van der Waals surface area contributed by atoms with Crippen molar-refractivity contribution in [1.29, 1.82) is 5.26 Å². The molecule has 0 radical (unpaired) electrons. The Hall–Kier alpha value is -1.80. The van der Waals surface area contributed by atoms with Crippen molar-refractivity contribution in [2.24, 2.45) is 0 Å². The van der Waals surface area contributed by atoms with Crippen LogP contribution < -0.4 is 0 Å². The number of hydrogen-bond donors (Lipinski definition) is 0. The summed E-state index contributed by atoms with van der Waals surface area (Å²) < 4.78 is 0. The van der Waals surface area contributed by atoms with Crippen LogP contribution in [0.1, 0.15) is 11.1 Å². The fraction of sp³-hybridized carbons (Fsp3) is 0.100. The lowest BCUT2D eigenvalue weighted by Crippen LogP contribution is -1.88. The van der Waals surface area contributed by atoms with Gasteiger partial charge in [0.25, 0.3) is 0 Å². The largest absolute Gasteiger partial charge is 0.259 e. The van der Waals surface area contributed by atoms with Gasteiger partial charge in [0, 0.05) is 0 Å². The molecule has 5 heteroatoms. The zero-order chi connectivity index (χ0) is 11.3. The van der Waals surface area contributed by atoms with E-state index in [2.05, 4.69) is 0 Å². The Balaban J connectivity index is 3.05. The molecule has 0 unspecified atom stereocenters. The quantitative estimate of drug-likeness (QED) is 0.446. The van der Waals surface area contributed by atoms with Crippen LogP contribution in [0.4, 0.5) is 0 Å². The second kappa shape index (κ2) is 5.17. The van der Waals surface area contributed by atoms with Gasteiger partial charge in [-0.15, -0.1) is 0 Å². The van der Waals surface area contributed by atoms with Crippen LogP contribution in [0.2, 0.25) is 0 Å². The second-order valence-corrected chi connectivity index (χ2v) is 3.66. The average molecular weight is 220 g/mol. The number of aryl methyl sites for hydroxylation is 1. The highest BCUT2D eigenvalue weighted by Crippen LogP contribution is 2.26. The minimum atomic E-state index is -0.556. The van der Waals surface area contributed by atoms with Crippen molar-refractivity contribution >= 4 is 16.7 Å². The predicted octanol–water partition coefficient (Wildman–Crippen LogP) is 2.78. The third-order valence-electron chi connectivity index (χ3n) is 1.71. The monoisotopic (exact) mass is 220 g/mol. The number of thiocyanates is 1. The molecule has 4 nitrogen and oxygen atoms in total. The minimum absolute atomic E-state index is 0.350. The third kappa shape index (κ3) is 3.44. The first-order chi connectivity index (χ1) is 7.13. The van der Waals surface area contributed by atoms with Crippen molar-refractivity contribution in [2.75, 3.05) is 0 Å². The summed E-state index contributed by atoms with van der Waals surface area (Å²) >= 11 is 0.789. The van der Waals surface area contributed by atoms with Gasteiger partial charge in [-0.2, -0.15) is 5.26 Å². The number of benzene rings is 1. The summed E-state index contributed by atoms with van der Waals surface area (Å²) in [6.45, 7) is 1.93. The van der Waals surface area contributed by atoms with Gasteiger partial charge >= 0.3 is 0 Å². The molecule has 1 rings (SSSR count). The molecular formula is C10H8N2O2S. The Bertz CT molecular complexity index is 432. The highest BCUT2D eigenvalue weighted by atomic mass is 32.2. The first-order valence-electron chi connectivity index (χ1n) is 4.12. The van der Waals surface area contributed by atoms with Crippen LogP contribution in [0.5, 0.6) is 0 Å². The van der Waals surface area contributed by atoms with E-state index in [0.29, 0.717) is 10.5 Å². The predicted molar refractivity (Wildman–Crippen MR) is 59.4 cm³/mol. The highest BCUT2D eigenvalue weighted by Gasteiger charge is 2.06. The average Bonchev–Trinajstić information content (AvgIpc) is 2.17. The van der Waals surface area contributed by atoms with Crippen molar-refractivity contribution in [2.45, 2.75) is 6.92 Å².